The van der Waals surface area contributed by atoms with E-state index in [9.17, 15) is 4.79 Å². The summed E-state index contributed by atoms with van der Waals surface area (Å²) in [7, 11) is 1.30. The fraction of sp³-hybridized carbons (Fsp3) is 0.857. The van der Waals surface area contributed by atoms with Gasteiger partial charge in [0.05, 0.1) is 13.7 Å². The second kappa shape index (κ2) is 7.39. The van der Waals surface area contributed by atoms with E-state index in [4.69, 9.17) is 5.53 Å². The summed E-state index contributed by atoms with van der Waals surface area (Å²) in [6.45, 7) is 2.76. The van der Waals surface area contributed by atoms with Crippen LogP contribution in [0, 0.1) is 0 Å². The third-order valence-corrected chi connectivity index (χ3v) is 1.45. The number of methoxy groups -OCH3 is 1. The van der Waals surface area contributed by atoms with Crippen LogP contribution < -0.4 is 5.32 Å². The Labute approximate surface area is 76.9 Å². The van der Waals surface area contributed by atoms with Gasteiger partial charge in [0.2, 0.25) is 0 Å². The number of carbonyl (C=O) groups is 1. The number of carbonyl (C=O) groups excluding carboxylic acids is 1. The molecule has 0 radical (unpaired) electrons. The molecule has 0 aliphatic heterocycles. The number of nitrogens with zero attached hydrogens (tertiary/aromatic N) is 3. The summed E-state index contributed by atoms with van der Waals surface area (Å²) in [6, 6.07) is -0.527. The topological polar surface area (TPSA) is 87.1 Å². The van der Waals surface area contributed by atoms with E-state index < -0.39 is 12.0 Å². The average molecular weight is 186 g/mol. The predicted octanol–water partition coefficient (Wildman–Crippen LogP) is 0.838. The van der Waals surface area contributed by atoms with E-state index in [-0.39, 0.29) is 6.54 Å². The number of hydrogen-bond donors (Lipinski definition) is 1. The second-order valence-corrected chi connectivity index (χ2v) is 2.44. The van der Waals surface area contributed by atoms with Gasteiger partial charge in [0.15, 0.2) is 0 Å². The summed E-state index contributed by atoms with van der Waals surface area (Å²) in [5.41, 5.74) is 8.07. The highest BCUT2D eigenvalue weighted by atomic mass is 16.5. The Bertz CT molecular complexity index is 201. The van der Waals surface area contributed by atoms with Crippen molar-refractivity contribution in [1.82, 2.24) is 5.32 Å². The molecule has 0 aromatic carbocycles. The van der Waals surface area contributed by atoms with Crippen molar-refractivity contribution < 1.29 is 9.53 Å². The van der Waals surface area contributed by atoms with Crippen molar-refractivity contribution in [3.05, 3.63) is 10.4 Å². The van der Waals surface area contributed by atoms with Gasteiger partial charge in [-0.3, -0.25) is 4.79 Å². The monoisotopic (exact) mass is 186 g/mol. The largest absolute Gasteiger partial charge is 0.468 e. The normalized spacial score (nSPS) is 11.5. The van der Waals surface area contributed by atoms with E-state index in [1.54, 1.807) is 0 Å². The Kier molecular flexibility index (Phi) is 6.68. The third kappa shape index (κ3) is 5.05. The molecule has 0 aliphatic carbocycles. The molecule has 1 atom stereocenters. The Balaban J connectivity index is 4.01. The molecule has 13 heavy (non-hydrogen) atoms. The van der Waals surface area contributed by atoms with Gasteiger partial charge in [-0.2, -0.15) is 0 Å². The first-order valence-corrected chi connectivity index (χ1v) is 4.08. The molecule has 0 aliphatic rings. The minimum Gasteiger partial charge on any atom is -0.468 e. The van der Waals surface area contributed by atoms with Crippen molar-refractivity contribution in [2.24, 2.45) is 5.11 Å². The van der Waals surface area contributed by atoms with Crippen LogP contribution in [0.15, 0.2) is 5.11 Å². The van der Waals surface area contributed by atoms with Crippen LogP contribution in [0.1, 0.15) is 13.3 Å². The van der Waals surface area contributed by atoms with E-state index in [1.807, 2.05) is 6.92 Å². The van der Waals surface area contributed by atoms with Crippen molar-refractivity contribution in [1.29, 1.82) is 0 Å². The Morgan fingerprint density at radius 3 is 2.92 bits per heavy atom. The van der Waals surface area contributed by atoms with Gasteiger partial charge in [0.1, 0.15) is 6.04 Å². The minimum absolute atomic E-state index is 0.0865. The molecule has 0 aromatic heterocycles. The van der Waals surface area contributed by atoms with Crippen LogP contribution in [0.3, 0.4) is 0 Å². The average Bonchev–Trinajstić information content (AvgIpc) is 2.17. The molecule has 74 valence electrons. The molecule has 1 N–H and O–H groups in total. The summed E-state index contributed by atoms with van der Waals surface area (Å²) in [6.07, 6.45) is 0.907. The molecule has 6 nitrogen and oxygen atoms in total. The van der Waals surface area contributed by atoms with E-state index in [1.165, 1.54) is 7.11 Å². The van der Waals surface area contributed by atoms with E-state index in [0.29, 0.717) is 6.54 Å². The second-order valence-electron chi connectivity index (χ2n) is 2.44. The summed E-state index contributed by atoms with van der Waals surface area (Å²) >= 11 is 0. The summed E-state index contributed by atoms with van der Waals surface area (Å²) in [5.74, 6) is -0.402. The predicted molar refractivity (Wildman–Crippen MR) is 48.1 cm³/mol. The highest BCUT2D eigenvalue weighted by molar-refractivity contribution is 5.75. The first-order chi connectivity index (χ1) is 6.26. The van der Waals surface area contributed by atoms with Crippen LogP contribution in [0.2, 0.25) is 0 Å². The molecule has 6 heteroatoms. The lowest BCUT2D eigenvalue weighted by Gasteiger charge is -2.12. The lowest BCUT2D eigenvalue weighted by Crippen LogP contribution is -2.40. The molecule has 0 bridgehead atoms. The zero-order valence-corrected chi connectivity index (χ0v) is 7.86. The standard InChI is InChI=1S/C7H14N4O2/c1-3-4-9-6(5-10-11-8)7(12)13-2/h6,9H,3-5H2,1-2H3. The quantitative estimate of drug-likeness (QED) is 0.288. The van der Waals surface area contributed by atoms with Gasteiger partial charge in [-0.1, -0.05) is 12.0 Å². The first kappa shape index (κ1) is 11.7. The van der Waals surface area contributed by atoms with Gasteiger partial charge in [-0.05, 0) is 18.5 Å². The van der Waals surface area contributed by atoms with Crippen molar-refractivity contribution in [3.63, 3.8) is 0 Å². The summed E-state index contributed by atoms with van der Waals surface area (Å²) in [4.78, 5) is 13.6. The van der Waals surface area contributed by atoms with Crippen LogP contribution in [-0.2, 0) is 9.53 Å². The Morgan fingerprint density at radius 1 is 1.77 bits per heavy atom. The number of nitrogens with one attached hydrogen (secondary N) is 1. The van der Waals surface area contributed by atoms with Crippen molar-refractivity contribution in [2.75, 3.05) is 20.2 Å². The fourth-order valence-electron chi connectivity index (χ4n) is 0.801. The van der Waals surface area contributed by atoms with Crippen LogP contribution >= 0.6 is 0 Å². The molecule has 0 aromatic rings. The lowest BCUT2D eigenvalue weighted by atomic mass is 10.3. The van der Waals surface area contributed by atoms with Crippen molar-refractivity contribution in [3.8, 4) is 0 Å². The van der Waals surface area contributed by atoms with E-state index >= 15 is 0 Å². The molecule has 0 saturated carbocycles. The van der Waals surface area contributed by atoms with Crippen LogP contribution in [0.25, 0.3) is 10.4 Å². The van der Waals surface area contributed by atoms with Gasteiger partial charge < -0.3 is 10.1 Å². The molecule has 0 rings (SSSR count). The van der Waals surface area contributed by atoms with E-state index in [2.05, 4.69) is 20.1 Å². The molecule has 1 unspecified atom stereocenters. The molecular formula is C7H14N4O2. The number of ether oxygens (including phenoxy) is 1. The van der Waals surface area contributed by atoms with Gasteiger partial charge >= 0.3 is 5.97 Å². The SMILES string of the molecule is CCCNC(CN=[N+]=[N-])C(=O)OC. The number of esters is 1. The van der Waals surface area contributed by atoms with Crippen LogP contribution in [-0.4, -0.2) is 32.2 Å². The highest BCUT2D eigenvalue weighted by Crippen LogP contribution is 1.90. The molecule has 0 saturated heterocycles. The zero-order chi connectivity index (χ0) is 10.1. The third-order valence-electron chi connectivity index (χ3n) is 1.45. The molecule has 0 heterocycles. The maximum atomic E-state index is 11.1. The molecular weight excluding hydrogens is 172 g/mol. The molecule has 0 amide bonds. The number of hydrogen-bond acceptors (Lipinski definition) is 4. The van der Waals surface area contributed by atoms with Gasteiger partial charge in [-0.15, -0.1) is 0 Å². The maximum absolute atomic E-state index is 11.1. The van der Waals surface area contributed by atoms with E-state index in [0.717, 1.165) is 6.42 Å². The minimum atomic E-state index is -0.527. The number of rotatable bonds is 6. The molecule has 0 fully saturated rings. The van der Waals surface area contributed by atoms with Crippen molar-refractivity contribution in [2.45, 2.75) is 19.4 Å². The molecule has 0 spiro atoms. The lowest BCUT2D eigenvalue weighted by molar-refractivity contribution is -0.142. The van der Waals surface area contributed by atoms with Crippen LogP contribution in [0.4, 0.5) is 0 Å². The van der Waals surface area contributed by atoms with Gasteiger partial charge in [-0.25, -0.2) is 0 Å². The number of azide groups is 1. The Hall–Kier alpha value is -1.26. The summed E-state index contributed by atoms with van der Waals surface area (Å²) in [5, 5.41) is 6.23. The first-order valence-electron chi connectivity index (χ1n) is 4.08. The summed E-state index contributed by atoms with van der Waals surface area (Å²) < 4.78 is 4.52. The highest BCUT2D eigenvalue weighted by Gasteiger charge is 2.16. The Morgan fingerprint density at radius 2 is 2.46 bits per heavy atom. The van der Waals surface area contributed by atoms with Gasteiger partial charge in [0, 0.05) is 4.91 Å². The van der Waals surface area contributed by atoms with Gasteiger partial charge in [0.25, 0.3) is 0 Å². The maximum Gasteiger partial charge on any atom is 0.322 e. The van der Waals surface area contributed by atoms with Crippen LogP contribution in [0.5, 0.6) is 0 Å². The fourth-order valence-corrected chi connectivity index (χ4v) is 0.801. The van der Waals surface area contributed by atoms with Crippen molar-refractivity contribution >= 4 is 5.97 Å². The zero-order valence-electron chi connectivity index (χ0n) is 7.86. The smallest absolute Gasteiger partial charge is 0.322 e.